The molecule has 1 aliphatic heterocycles. The lowest BCUT2D eigenvalue weighted by atomic mass is 9.73. The minimum atomic E-state index is -0.343. The lowest BCUT2D eigenvalue weighted by Gasteiger charge is -2.51. The van der Waals surface area contributed by atoms with Crippen LogP contribution in [0, 0.1) is 0 Å². The maximum absolute atomic E-state index is 12.0. The van der Waals surface area contributed by atoms with Crippen molar-refractivity contribution in [2.24, 2.45) is 0 Å². The third-order valence-electron chi connectivity index (χ3n) is 3.84. The Labute approximate surface area is 93.9 Å². The van der Waals surface area contributed by atoms with Crippen molar-refractivity contribution in [3.63, 3.8) is 0 Å². The predicted molar refractivity (Wildman–Crippen MR) is 61.7 cm³/mol. The van der Waals surface area contributed by atoms with Gasteiger partial charge in [0.1, 0.15) is 11.3 Å². The highest BCUT2D eigenvalue weighted by Gasteiger charge is 2.50. The molecular formula is C12H14N2O2. The molecular weight excluding hydrogens is 204 g/mol. The topological polar surface area (TPSA) is 52.6 Å². The van der Waals surface area contributed by atoms with E-state index in [1.54, 1.807) is 12.1 Å². The number of fused-ring (bicyclic) bond motifs is 1. The van der Waals surface area contributed by atoms with Gasteiger partial charge in [0.2, 0.25) is 5.91 Å². The third-order valence-corrected chi connectivity index (χ3v) is 3.84. The molecule has 3 rings (SSSR count). The molecule has 16 heavy (non-hydrogen) atoms. The summed E-state index contributed by atoms with van der Waals surface area (Å²) in [4.78, 5) is 14.1. The maximum atomic E-state index is 12.0. The first-order valence-electron chi connectivity index (χ1n) is 5.52. The van der Waals surface area contributed by atoms with E-state index < -0.39 is 0 Å². The van der Waals surface area contributed by atoms with Crippen LogP contribution in [-0.2, 0) is 4.79 Å². The predicted octanol–water partition coefficient (Wildman–Crippen LogP) is 1.70. The molecule has 2 aliphatic rings. The number of hydrogen-bond acceptors (Lipinski definition) is 3. The zero-order valence-corrected chi connectivity index (χ0v) is 9.16. The molecule has 4 nitrogen and oxygen atoms in total. The molecule has 1 aliphatic carbocycles. The van der Waals surface area contributed by atoms with Gasteiger partial charge in [0.15, 0.2) is 0 Å². The second-order valence-electron chi connectivity index (χ2n) is 4.60. The molecule has 1 aromatic rings. The van der Waals surface area contributed by atoms with Crippen LogP contribution in [0.25, 0.3) is 0 Å². The minimum absolute atomic E-state index is 0.0550. The molecule has 0 saturated heterocycles. The summed E-state index contributed by atoms with van der Waals surface area (Å²) >= 11 is 0. The molecule has 84 valence electrons. The van der Waals surface area contributed by atoms with E-state index in [1.165, 1.54) is 0 Å². The number of nitrogens with one attached hydrogen (secondary N) is 1. The summed E-state index contributed by atoms with van der Waals surface area (Å²) in [5.41, 5.74) is 1.34. The number of phenolic OH excluding ortho intramolecular Hbond substituents is 1. The SMILES string of the molecule is CN1c2ccc(O)cc2NC(=O)C12CCC2. The number of hydrogen-bond donors (Lipinski definition) is 2. The van der Waals surface area contributed by atoms with Crippen molar-refractivity contribution in [3.8, 4) is 5.75 Å². The molecule has 2 N–H and O–H groups in total. The summed E-state index contributed by atoms with van der Waals surface area (Å²) in [5, 5.41) is 12.3. The summed E-state index contributed by atoms with van der Waals surface area (Å²) in [5.74, 6) is 0.233. The summed E-state index contributed by atoms with van der Waals surface area (Å²) in [7, 11) is 1.95. The van der Waals surface area contributed by atoms with E-state index in [1.807, 2.05) is 18.0 Å². The number of likely N-dealkylation sites (N-methyl/N-ethyl adjacent to an activating group) is 1. The molecule has 0 atom stereocenters. The van der Waals surface area contributed by atoms with Crippen LogP contribution in [-0.4, -0.2) is 23.6 Å². The first-order valence-corrected chi connectivity index (χ1v) is 5.52. The van der Waals surface area contributed by atoms with Gasteiger partial charge in [-0.15, -0.1) is 0 Å². The van der Waals surface area contributed by atoms with Gasteiger partial charge in [-0.25, -0.2) is 0 Å². The van der Waals surface area contributed by atoms with E-state index in [9.17, 15) is 9.90 Å². The molecule has 0 radical (unpaired) electrons. The highest BCUT2D eigenvalue weighted by atomic mass is 16.3. The fourth-order valence-corrected chi connectivity index (χ4v) is 2.61. The Kier molecular flexibility index (Phi) is 1.73. The van der Waals surface area contributed by atoms with Crippen LogP contribution in [0.2, 0.25) is 0 Å². The zero-order valence-electron chi connectivity index (χ0n) is 9.16. The van der Waals surface area contributed by atoms with Gasteiger partial charge in [-0.1, -0.05) is 0 Å². The fraction of sp³-hybridized carbons (Fsp3) is 0.417. The smallest absolute Gasteiger partial charge is 0.250 e. The number of phenols is 1. The molecule has 1 amide bonds. The van der Waals surface area contributed by atoms with Crippen LogP contribution in [0.5, 0.6) is 5.75 Å². The van der Waals surface area contributed by atoms with Crippen molar-refractivity contribution < 1.29 is 9.90 Å². The van der Waals surface area contributed by atoms with Crippen molar-refractivity contribution in [1.82, 2.24) is 0 Å². The van der Waals surface area contributed by atoms with Crippen LogP contribution in [0.3, 0.4) is 0 Å². The van der Waals surface area contributed by atoms with E-state index in [0.29, 0.717) is 5.69 Å². The van der Waals surface area contributed by atoms with Gasteiger partial charge in [0.05, 0.1) is 11.4 Å². The highest BCUT2D eigenvalue weighted by Crippen LogP contribution is 2.46. The molecule has 1 heterocycles. The standard InChI is InChI=1S/C12H14N2O2/c1-14-10-4-3-8(15)7-9(10)13-11(16)12(14)5-2-6-12/h3-4,7,15H,2,5-6H2,1H3,(H,13,16). The molecule has 1 saturated carbocycles. The Bertz CT molecular complexity index is 466. The number of benzene rings is 1. The monoisotopic (exact) mass is 218 g/mol. The number of anilines is 2. The Hall–Kier alpha value is -1.71. The largest absolute Gasteiger partial charge is 0.508 e. The molecule has 0 bridgehead atoms. The van der Waals surface area contributed by atoms with Gasteiger partial charge in [-0.05, 0) is 31.4 Å². The van der Waals surface area contributed by atoms with Crippen LogP contribution in [0.15, 0.2) is 18.2 Å². The van der Waals surface area contributed by atoms with E-state index in [0.717, 1.165) is 24.9 Å². The normalized spacial score (nSPS) is 21.3. The lowest BCUT2D eigenvalue weighted by molar-refractivity contribution is -0.124. The van der Waals surface area contributed by atoms with Gasteiger partial charge in [-0.3, -0.25) is 4.79 Å². The molecule has 1 fully saturated rings. The number of aromatic hydroxyl groups is 1. The van der Waals surface area contributed by atoms with Crippen LogP contribution < -0.4 is 10.2 Å². The summed E-state index contributed by atoms with van der Waals surface area (Å²) in [6.45, 7) is 0. The highest BCUT2D eigenvalue weighted by molar-refractivity contribution is 6.07. The molecule has 0 aromatic heterocycles. The van der Waals surface area contributed by atoms with Crippen molar-refractivity contribution in [1.29, 1.82) is 0 Å². The second kappa shape index (κ2) is 2.90. The Morgan fingerprint density at radius 2 is 2.19 bits per heavy atom. The van der Waals surface area contributed by atoms with Crippen molar-refractivity contribution in [2.45, 2.75) is 24.8 Å². The number of carbonyl (C=O) groups excluding carboxylic acids is 1. The van der Waals surface area contributed by atoms with Gasteiger partial charge in [-0.2, -0.15) is 0 Å². The molecule has 4 heteroatoms. The van der Waals surface area contributed by atoms with E-state index in [2.05, 4.69) is 5.32 Å². The molecule has 1 spiro atoms. The average Bonchev–Trinajstić information content (AvgIpc) is 2.14. The van der Waals surface area contributed by atoms with E-state index >= 15 is 0 Å². The van der Waals surface area contributed by atoms with Crippen molar-refractivity contribution in [2.75, 3.05) is 17.3 Å². The van der Waals surface area contributed by atoms with Gasteiger partial charge < -0.3 is 15.3 Å². The van der Waals surface area contributed by atoms with Gasteiger partial charge in [0.25, 0.3) is 0 Å². The Morgan fingerprint density at radius 3 is 2.81 bits per heavy atom. The molecule has 1 aromatic carbocycles. The zero-order chi connectivity index (χ0) is 11.3. The average molecular weight is 218 g/mol. The summed E-state index contributed by atoms with van der Waals surface area (Å²) in [6, 6.07) is 5.10. The van der Waals surface area contributed by atoms with Crippen LogP contribution >= 0.6 is 0 Å². The first kappa shape index (κ1) is 9.51. The second-order valence-corrected chi connectivity index (χ2v) is 4.60. The first-order chi connectivity index (χ1) is 7.63. The van der Waals surface area contributed by atoms with Crippen molar-refractivity contribution >= 4 is 17.3 Å². The summed E-state index contributed by atoms with van der Waals surface area (Å²) in [6.07, 6.45) is 2.93. The van der Waals surface area contributed by atoms with Crippen LogP contribution in [0.1, 0.15) is 19.3 Å². The minimum Gasteiger partial charge on any atom is -0.508 e. The lowest BCUT2D eigenvalue weighted by Crippen LogP contribution is -2.62. The number of nitrogens with zero attached hydrogens (tertiary/aromatic N) is 1. The van der Waals surface area contributed by atoms with Gasteiger partial charge >= 0.3 is 0 Å². The maximum Gasteiger partial charge on any atom is 0.250 e. The summed E-state index contributed by atoms with van der Waals surface area (Å²) < 4.78 is 0. The Balaban J connectivity index is 2.10. The van der Waals surface area contributed by atoms with E-state index in [4.69, 9.17) is 0 Å². The Morgan fingerprint density at radius 1 is 1.44 bits per heavy atom. The molecule has 0 unspecified atom stereocenters. The number of carbonyl (C=O) groups is 1. The number of amides is 1. The van der Waals surface area contributed by atoms with Crippen LogP contribution in [0.4, 0.5) is 11.4 Å². The van der Waals surface area contributed by atoms with E-state index in [-0.39, 0.29) is 17.2 Å². The van der Waals surface area contributed by atoms with Crippen molar-refractivity contribution in [3.05, 3.63) is 18.2 Å². The van der Waals surface area contributed by atoms with Gasteiger partial charge in [0, 0.05) is 13.1 Å². The number of rotatable bonds is 0. The quantitative estimate of drug-likeness (QED) is 0.697. The third kappa shape index (κ3) is 1.01. The fourth-order valence-electron chi connectivity index (χ4n) is 2.61.